The highest BCUT2D eigenvalue weighted by atomic mass is 35.5. The molecule has 148 valence electrons. The summed E-state index contributed by atoms with van der Waals surface area (Å²) in [7, 11) is 1.37. The summed E-state index contributed by atoms with van der Waals surface area (Å²) >= 11 is 7.74. The van der Waals surface area contributed by atoms with E-state index in [1.54, 1.807) is 12.1 Å². The van der Waals surface area contributed by atoms with Gasteiger partial charge in [0, 0.05) is 17.1 Å². The van der Waals surface area contributed by atoms with Gasteiger partial charge in [-0.25, -0.2) is 9.37 Å². The highest BCUT2D eigenvalue weighted by Gasteiger charge is 2.25. The number of anilines is 1. The van der Waals surface area contributed by atoms with E-state index >= 15 is 0 Å². The van der Waals surface area contributed by atoms with Crippen molar-refractivity contribution in [2.24, 2.45) is 0 Å². The van der Waals surface area contributed by atoms with Crippen molar-refractivity contribution in [2.75, 3.05) is 12.4 Å². The molecule has 1 aromatic carbocycles. The number of benzene rings is 1. The summed E-state index contributed by atoms with van der Waals surface area (Å²) in [4.78, 5) is 17.2. The van der Waals surface area contributed by atoms with Crippen molar-refractivity contribution in [2.45, 2.75) is 44.6 Å². The molecule has 2 heterocycles. The molecule has 0 aliphatic heterocycles. The van der Waals surface area contributed by atoms with Gasteiger partial charge in [-0.15, -0.1) is 11.3 Å². The van der Waals surface area contributed by atoms with Crippen LogP contribution in [0.3, 0.4) is 0 Å². The average molecular weight is 422 g/mol. The Kier molecular flexibility index (Phi) is 5.55. The van der Waals surface area contributed by atoms with Crippen LogP contribution in [0.2, 0.25) is 5.02 Å². The molecule has 1 aliphatic rings. The van der Waals surface area contributed by atoms with Gasteiger partial charge < -0.3 is 10.1 Å². The Bertz CT molecular complexity index is 990. The zero-order valence-electron chi connectivity index (χ0n) is 15.5. The van der Waals surface area contributed by atoms with E-state index in [2.05, 4.69) is 10.3 Å². The predicted octanol–water partition coefficient (Wildman–Crippen LogP) is 5.32. The second kappa shape index (κ2) is 8.09. The van der Waals surface area contributed by atoms with E-state index in [0.717, 1.165) is 31.4 Å². The largest absolute Gasteiger partial charge is 0.469 e. The molecule has 1 saturated carbocycles. The third kappa shape index (κ3) is 3.61. The summed E-state index contributed by atoms with van der Waals surface area (Å²) in [6.45, 7) is 0. The molecule has 1 N–H and O–H groups in total. The first-order valence-electron chi connectivity index (χ1n) is 9.35. The summed E-state index contributed by atoms with van der Waals surface area (Å²) in [5.74, 6) is -0.0593. The minimum atomic E-state index is -0.417. The van der Waals surface area contributed by atoms with Gasteiger partial charge in [0.25, 0.3) is 0 Å². The smallest absolute Gasteiger partial charge is 0.311 e. The van der Waals surface area contributed by atoms with E-state index < -0.39 is 5.82 Å². The second-order valence-corrected chi connectivity index (χ2v) is 8.23. The topological polar surface area (TPSA) is 55.6 Å². The van der Waals surface area contributed by atoms with E-state index in [-0.39, 0.29) is 24.0 Å². The summed E-state index contributed by atoms with van der Waals surface area (Å²) in [6.07, 6.45) is 5.78. The third-order valence-electron chi connectivity index (χ3n) is 5.13. The van der Waals surface area contributed by atoms with Gasteiger partial charge in [0.15, 0.2) is 4.96 Å². The van der Waals surface area contributed by atoms with E-state index in [9.17, 15) is 9.18 Å². The van der Waals surface area contributed by atoms with Crippen LogP contribution in [0.1, 0.15) is 37.8 Å². The first kappa shape index (κ1) is 19.2. The Morgan fingerprint density at radius 2 is 2.18 bits per heavy atom. The van der Waals surface area contributed by atoms with Crippen LogP contribution in [0.4, 0.5) is 10.2 Å². The van der Waals surface area contributed by atoms with Crippen molar-refractivity contribution in [1.29, 1.82) is 0 Å². The molecule has 0 amide bonds. The molecule has 0 bridgehead atoms. The fourth-order valence-electron chi connectivity index (χ4n) is 3.73. The number of nitrogens with one attached hydrogen (secondary N) is 1. The molecular weight excluding hydrogens is 401 g/mol. The van der Waals surface area contributed by atoms with Gasteiger partial charge in [-0.05, 0) is 25.0 Å². The number of halogens is 2. The van der Waals surface area contributed by atoms with Crippen molar-refractivity contribution in [3.63, 3.8) is 0 Å². The zero-order chi connectivity index (χ0) is 19.7. The van der Waals surface area contributed by atoms with Crippen LogP contribution in [-0.2, 0) is 16.0 Å². The number of fused-ring (bicyclic) bond motifs is 1. The minimum Gasteiger partial charge on any atom is -0.469 e. The molecule has 3 aromatic rings. The lowest BCUT2D eigenvalue weighted by molar-refractivity contribution is -0.139. The van der Waals surface area contributed by atoms with Gasteiger partial charge in [0.2, 0.25) is 0 Å². The lowest BCUT2D eigenvalue weighted by atomic mass is 9.95. The van der Waals surface area contributed by atoms with Crippen LogP contribution in [0.15, 0.2) is 23.6 Å². The number of hydrogen-bond donors (Lipinski definition) is 1. The fraction of sp³-hybridized carbons (Fsp3) is 0.400. The zero-order valence-corrected chi connectivity index (χ0v) is 17.1. The normalized spacial score (nSPS) is 15.1. The number of hydrogen-bond acceptors (Lipinski definition) is 5. The molecule has 0 atom stereocenters. The van der Waals surface area contributed by atoms with E-state index in [4.69, 9.17) is 16.3 Å². The quantitative estimate of drug-likeness (QED) is 0.567. The molecule has 28 heavy (non-hydrogen) atoms. The van der Waals surface area contributed by atoms with Crippen molar-refractivity contribution in [3.8, 4) is 11.3 Å². The Labute approximate surface area is 171 Å². The summed E-state index contributed by atoms with van der Waals surface area (Å²) in [5.41, 5.74) is 1.52. The van der Waals surface area contributed by atoms with Crippen molar-refractivity contribution in [3.05, 3.63) is 40.1 Å². The van der Waals surface area contributed by atoms with E-state index in [1.165, 1.54) is 30.9 Å². The number of thiazole rings is 1. The number of nitrogens with zero attached hydrogens (tertiary/aromatic N) is 2. The summed E-state index contributed by atoms with van der Waals surface area (Å²) in [6, 6.07) is 4.90. The summed E-state index contributed by atoms with van der Waals surface area (Å²) < 4.78 is 21.4. The maximum absolute atomic E-state index is 14.7. The molecule has 5 nitrogen and oxygen atoms in total. The van der Waals surface area contributed by atoms with Gasteiger partial charge in [-0.2, -0.15) is 0 Å². The average Bonchev–Trinajstić information content (AvgIpc) is 3.23. The highest BCUT2D eigenvalue weighted by Crippen LogP contribution is 2.38. The van der Waals surface area contributed by atoms with Gasteiger partial charge in [0.1, 0.15) is 17.3 Å². The van der Waals surface area contributed by atoms with Gasteiger partial charge in [-0.1, -0.05) is 36.9 Å². The van der Waals surface area contributed by atoms with Gasteiger partial charge in [0.05, 0.1) is 24.1 Å². The lowest BCUT2D eigenvalue weighted by Crippen LogP contribution is -2.23. The number of rotatable bonds is 5. The van der Waals surface area contributed by atoms with Crippen LogP contribution in [0, 0.1) is 5.82 Å². The molecule has 1 fully saturated rings. The molecule has 8 heteroatoms. The molecule has 0 spiro atoms. The van der Waals surface area contributed by atoms with E-state index in [0.29, 0.717) is 21.5 Å². The minimum absolute atomic E-state index is 0.122. The number of aromatic nitrogens is 2. The van der Waals surface area contributed by atoms with Gasteiger partial charge >= 0.3 is 5.97 Å². The number of methoxy groups -OCH3 is 1. The Morgan fingerprint density at radius 1 is 1.39 bits per heavy atom. The lowest BCUT2D eigenvalue weighted by Gasteiger charge is -2.24. The van der Waals surface area contributed by atoms with Crippen LogP contribution < -0.4 is 5.32 Å². The molecule has 1 aliphatic carbocycles. The number of esters is 1. The number of imidazole rings is 1. The maximum Gasteiger partial charge on any atom is 0.311 e. The number of carbonyl (C=O) groups is 1. The van der Waals surface area contributed by atoms with Crippen LogP contribution in [0.5, 0.6) is 0 Å². The molecule has 0 radical (unpaired) electrons. The fourth-order valence-corrected chi connectivity index (χ4v) is 4.87. The Hall–Kier alpha value is -2.12. The Balaban J connectivity index is 1.86. The van der Waals surface area contributed by atoms with Crippen LogP contribution >= 0.6 is 22.9 Å². The van der Waals surface area contributed by atoms with Crippen LogP contribution in [0.25, 0.3) is 16.2 Å². The highest BCUT2D eigenvalue weighted by molar-refractivity contribution is 7.15. The van der Waals surface area contributed by atoms with Gasteiger partial charge in [-0.3, -0.25) is 9.20 Å². The Morgan fingerprint density at radius 3 is 2.89 bits per heavy atom. The second-order valence-electron chi connectivity index (χ2n) is 6.98. The first-order valence-corrected chi connectivity index (χ1v) is 10.6. The SMILES string of the molecule is COC(=O)Cc1csc2nc(-c3c(F)cccc3Cl)c(NC3CCCCC3)n12. The monoisotopic (exact) mass is 421 g/mol. The third-order valence-corrected chi connectivity index (χ3v) is 6.32. The molecule has 0 saturated heterocycles. The number of carbonyl (C=O) groups excluding carboxylic acids is 1. The predicted molar refractivity (Wildman–Crippen MR) is 110 cm³/mol. The van der Waals surface area contributed by atoms with E-state index in [1.807, 2.05) is 9.78 Å². The standard InChI is InChI=1S/C20H21ClFN3O2S/c1-27-16(26)10-13-11-28-20-24-18(17-14(21)8-5-9-15(17)22)19(25(13)20)23-12-6-3-2-4-7-12/h5,8-9,11-12,23H,2-4,6-7,10H2,1H3. The molecule has 0 unspecified atom stereocenters. The van der Waals surface area contributed by atoms with Crippen molar-refractivity contribution < 1.29 is 13.9 Å². The molecular formula is C20H21ClFN3O2S. The number of ether oxygens (including phenoxy) is 1. The van der Waals surface area contributed by atoms with Crippen LogP contribution in [-0.4, -0.2) is 28.5 Å². The first-order chi connectivity index (χ1) is 13.6. The summed E-state index contributed by atoms with van der Waals surface area (Å²) in [5, 5.41) is 5.77. The molecule has 4 rings (SSSR count). The van der Waals surface area contributed by atoms with Crippen molar-refractivity contribution >= 4 is 39.7 Å². The van der Waals surface area contributed by atoms with Crippen molar-refractivity contribution in [1.82, 2.24) is 9.38 Å². The maximum atomic E-state index is 14.7. The molecule has 2 aromatic heterocycles.